The van der Waals surface area contributed by atoms with Crippen molar-refractivity contribution in [3.63, 3.8) is 0 Å². The van der Waals surface area contributed by atoms with Gasteiger partial charge in [0.1, 0.15) is 0 Å². The molecule has 0 radical (unpaired) electrons. The van der Waals surface area contributed by atoms with Gasteiger partial charge in [-0.1, -0.05) is 42.5 Å². The van der Waals surface area contributed by atoms with E-state index in [0.717, 1.165) is 22.5 Å². The van der Waals surface area contributed by atoms with Crippen molar-refractivity contribution in [1.29, 1.82) is 0 Å². The number of carbonyl (C=O) groups excluding carboxylic acids is 1. The number of hydrogen-bond donors (Lipinski definition) is 0. The molecule has 0 spiro atoms. The Hall–Kier alpha value is -2.39. The molecular formula is C17H13ClN2O. The fourth-order valence-corrected chi connectivity index (χ4v) is 2.39. The molecule has 3 nitrogen and oxygen atoms in total. The average Bonchev–Trinajstić information content (AvgIpc) is 2.90. The second-order valence-corrected chi connectivity index (χ2v) is 5.10. The molecule has 3 rings (SSSR count). The summed E-state index contributed by atoms with van der Waals surface area (Å²) >= 11 is 5.45. The van der Waals surface area contributed by atoms with Crippen LogP contribution in [-0.4, -0.2) is 15.0 Å². The monoisotopic (exact) mass is 296 g/mol. The highest BCUT2D eigenvalue weighted by Gasteiger charge is 2.09. The molecule has 3 aromatic rings. The molecule has 0 amide bonds. The maximum Gasteiger partial charge on any atom is 0.252 e. The van der Waals surface area contributed by atoms with Gasteiger partial charge < -0.3 is 0 Å². The van der Waals surface area contributed by atoms with Crippen molar-refractivity contribution >= 4 is 16.8 Å². The minimum absolute atomic E-state index is 0.451. The molecule has 2 aromatic carbocycles. The Morgan fingerprint density at radius 2 is 1.67 bits per heavy atom. The number of aryl methyl sites for hydroxylation is 1. The summed E-state index contributed by atoms with van der Waals surface area (Å²) in [7, 11) is 1.92. The lowest BCUT2D eigenvalue weighted by Gasteiger charge is -1.99. The van der Waals surface area contributed by atoms with Crippen molar-refractivity contribution in [2.75, 3.05) is 0 Å². The molecule has 0 unspecified atom stereocenters. The van der Waals surface area contributed by atoms with Gasteiger partial charge in [-0.15, -0.1) is 0 Å². The third-order valence-corrected chi connectivity index (χ3v) is 3.58. The lowest BCUT2D eigenvalue weighted by molar-refractivity contribution is 0.108. The topological polar surface area (TPSA) is 34.9 Å². The highest BCUT2D eigenvalue weighted by atomic mass is 35.5. The molecule has 1 heterocycles. The summed E-state index contributed by atoms with van der Waals surface area (Å²) < 4.78 is 1.85. The van der Waals surface area contributed by atoms with Gasteiger partial charge >= 0.3 is 0 Å². The van der Waals surface area contributed by atoms with Gasteiger partial charge in [0.15, 0.2) is 0 Å². The standard InChI is InChI=1S/C17H13ClN2O/c1-20-16(13-5-3-2-4-6-13)11-15(19-20)12-7-9-14(10-8-12)17(18)21/h2-11H,1H3. The Kier molecular flexibility index (Phi) is 3.59. The number of nitrogens with zero attached hydrogens (tertiary/aromatic N) is 2. The van der Waals surface area contributed by atoms with E-state index < -0.39 is 5.24 Å². The van der Waals surface area contributed by atoms with Gasteiger partial charge in [-0.3, -0.25) is 9.48 Å². The van der Waals surface area contributed by atoms with Crippen LogP contribution in [0.3, 0.4) is 0 Å². The van der Waals surface area contributed by atoms with E-state index in [1.807, 2.05) is 48.1 Å². The van der Waals surface area contributed by atoms with Crippen molar-refractivity contribution in [2.45, 2.75) is 0 Å². The first kappa shape index (κ1) is 13.6. The van der Waals surface area contributed by atoms with Crippen LogP contribution in [0.4, 0.5) is 0 Å². The van der Waals surface area contributed by atoms with Crippen molar-refractivity contribution in [1.82, 2.24) is 9.78 Å². The first-order chi connectivity index (χ1) is 10.1. The van der Waals surface area contributed by atoms with E-state index in [4.69, 9.17) is 11.6 Å². The van der Waals surface area contributed by atoms with Gasteiger partial charge in [0, 0.05) is 18.2 Å². The van der Waals surface area contributed by atoms with E-state index in [1.165, 1.54) is 0 Å². The zero-order valence-electron chi connectivity index (χ0n) is 11.5. The molecule has 0 aliphatic rings. The minimum atomic E-state index is -0.451. The average molecular weight is 297 g/mol. The van der Waals surface area contributed by atoms with Gasteiger partial charge in [-0.25, -0.2) is 0 Å². The number of hydrogen-bond acceptors (Lipinski definition) is 2. The summed E-state index contributed by atoms with van der Waals surface area (Å²) in [6, 6.07) is 19.3. The van der Waals surface area contributed by atoms with Crippen LogP contribution >= 0.6 is 11.6 Å². The van der Waals surface area contributed by atoms with E-state index >= 15 is 0 Å². The molecule has 104 valence electrons. The number of halogens is 1. The quantitative estimate of drug-likeness (QED) is 0.681. The SMILES string of the molecule is Cn1nc(-c2ccc(C(=O)Cl)cc2)cc1-c1ccccc1. The molecule has 0 aliphatic carbocycles. The van der Waals surface area contributed by atoms with Crippen molar-refractivity contribution in [2.24, 2.45) is 7.05 Å². The van der Waals surface area contributed by atoms with Gasteiger partial charge in [-0.2, -0.15) is 5.10 Å². The fourth-order valence-electron chi connectivity index (χ4n) is 2.26. The molecule has 0 saturated heterocycles. The number of rotatable bonds is 3. The largest absolute Gasteiger partial charge is 0.276 e. The molecule has 0 N–H and O–H groups in total. The van der Waals surface area contributed by atoms with Crippen LogP contribution in [0.5, 0.6) is 0 Å². The summed E-state index contributed by atoms with van der Waals surface area (Å²) in [5, 5.41) is 4.08. The molecular weight excluding hydrogens is 284 g/mol. The fraction of sp³-hybridized carbons (Fsp3) is 0.0588. The third-order valence-electron chi connectivity index (χ3n) is 3.36. The van der Waals surface area contributed by atoms with Crippen molar-refractivity contribution < 1.29 is 4.79 Å². The Labute approximate surface area is 127 Å². The van der Waals surface area contributed by atoms with Crippen LogP contribution in [-0.2, 0) is 7.05 Å². The smallest absolute Gasteiger partial charge is 0.252 e. The van der Waals surface area contributed by atoms with Gasteiger partial charge in [0.05, 0.1) is 11.4 Å². The number of aromatic nitrogens is 2. The summed E-state index contributed by atoms with van der Waals surface area (Å²) in [5.41, 5.74) is 4.47. The van der Waals surface area contributed by atoms with Crippen LogP contribution in [0.1, 0.15) is 10.4 Å². The van der Waals surface area contributed by atoms with E-state index in [9.17, 15) is 4.79 Å². The Morgan fingerprint density at radius 1 is 1.00 bits per heavy atom. The molecule has 0 fully saturated rings. The van der Waals surface area contributed by atoms with Gasteiger partial charge in [-0.05, 0) is 35.4 Å². The van der Waals surface area contributed by atoms with Gasteiger partial charge in [0.2, 0.25) is 0 Å². The summed E-state index contributed by atoms with van der Waals surface area (Å²) in [6.07, 6.45) is 0. The molecule has 0 aliphatic heterocycles. The molecule has 4 heteroatoms. The predicted octanol–water partition coefficient (Wildman–Crippen LogP) is 4.13. The zero-order valence-corrected chi connectivity index (χ0v) is 12.2. The first-order valence-electron chi connectivity index (χ1n) is 6.55. The van der Waals surface area contributed by atoms with Crippen LogP contribution < -0.4 is 0 Å². The highest BCUT2D eigenvalue weighted by molar-refractivity contribution is 6.67. The molecule has 1 aromatic heterocycles. The van der Waals surface area contributed by atoms with Crippen molar-refractivity contribution in [3.8, 4) is 22.5 Å². The van der Waals surface area contributed by atoms with Crippen LogP contribution in [0.2, 0.25) is 0 Å². The summed E-state index contributed by atoms with van der Waals surface area (Å²) in [4.78, 5) is 11.1. The lowest BCUT2D eigenvalue weighted by Crippen LogP contribution is -1.93. The molecule has 0 atom stereocenters. The molecule has 0 bridgehead atoms. The Morgan fingerprint density at radius 3 is 2.29 bits per heavy atom. The second-order valence-electron chi connectivity index (χ2n) is 4.76. The zero-order chi connectivity index (χ0) is 14.8. The minimum Gasteiger partial charge on any atom is -0.276 e. The van der Waals surface area contributed by atoms with Crippen molar-refractivity contribution in [3.05, 3.63) is 66.2 Å². The second kappa shape index (κ2) is 5.54. The summed E-state index contributed by atoms with van der Waals surface area (Å²) in [6.45, 7) is 0. The van der Waals surface area contributed by atoms with E-state index in [1.54, 1.807) is 12.1 Å². The Bertz CT molecular complexity index is 776. The van der Waals surface area contributed by atoms with Gasteiger partial charge in [0.25, 0.3) is 5.24 Å². The molecule has 0 saturated carbocycles. The van der Waals surface area contributed by atoms with Crippen LogP contribution in [0.15, 0.2) is 60.7 Å². The predicted molar refractivity (Wildman–Crippen MR) is 84.3 cm³/mol. The third kappa shape index (κ3) is 2.73. The Balaban J connectivity index is 1.99. The first-order valence-corrected chi connectivity index (χ1v) is 6.92. The lowest BCUT2D eigenvalue weighted by atomic mass is 10.1. The van der Waals surface area contributed by atoms with E-state index in [2.05, 4.69) is 17.2 Å². The maximum absolute atomic E-state index is 11.1. The summed E-state index contributed by atoms with van der Waals surface area (Å²) in [5.74, 6) is 0. The van der Waals surface area contributed by atoms with E-state index in [-0.39, 0.29) is 0 Å². The maximum atomic E-state index is 11.1. The number of benzene rings is 2. The number of carbonyl (C=O) groups is 1. The highest BCUT2D eigenvalue weighted by Crippen LogP contribution is 2.25. The van der Waals surface area contributed by atoms with Crippen LogP contribution in [0, 0.1) is 0 Å². The van der Waals surface area contributed by atoms with E-state index in [0.29, 0.717) is 5.56 Å². The molecule has 21 heavy (non-hydrogen) atoms. The van der Waals surface area contributed by atoms with Crippen LogP contribution in [0.25, 0.3) is 22.5 Å². The normalized spacial score (nSPS) is 10.6.